The topological polar surface area (TPSA) is 76.1 Å². The molecule has 1 N–H and O–H groups in total. The van der Waals surface area contributed by atoms with Gasteiger partial charge in [-0.15, -0.1) is 0 Å². The molecule has 2 unspecified atom stereocenters. The lowest BCUT2D eigenvalue weighted by atomic mass is 10.0. The van der Waals surface area contributed by atoms with Gasteiger partial charge in [-0.25, -0.2) is 9.59 Å². The van der Waals surface area contributed by atoms with Crippen LogP contribution in [-0.2, 0) is 20.8 Å². The highest BCUT2D eigenvalue weighted by Crippen LogP contribution is 2.33. The molecule has 132 valence electrons. The van der Waals surface area contributed by atoms with E-state index in [0.29, 0.717) is 24.6 Å². The average molecular weight is 335 g/mol. The molecule has 0 saturated carbocycles. The maximum absolute atomic E-state index is 12.5. The van der Waals surface area contributed by atoms with Crippen molar-refractivity contribution in [1.29, 1.82) is 0 Å². The molecule has 0 fully saturated rings. The fraction of sp³-hybridized carbons (Fsp3) is 0.556. The van der Waals surface area contributed by atoms with Crippen molar-refractivity contribution in [3.63, 3.8) is 0 Å². The number of para-hydroxylation sites is 1. The lowest BCUT2D eigenvalue weighted by Crippen LogP contribution is -2.44. The van der Waals surface area contributed by atoms with Gasteiger partial charge in [0.05, 0.1) is 12.3 Å². The number of fused-ring (bicyclic) bond motifs is 1. The zero-order valence-corrected chi connectivity index (χ0v) is 14.2. The molecule has 1 amide bonds. The summed E-state index contributed by atoms with van der Waals surface area (Å²) < 4.78 is 5.46. The number of rotatable bonds is 7. The minimum Gasteiger partial charge on any atom is -0.449 e. The van der Waals surface area contributed by atoms with Crippen LogP contribution in [0.2, 0.25) is 0 Å². The normalized spacial score (nSPS) is 17.3. The summed E-state index contributed by atoms with van der Waals surface area (Å²) in [5, 5.41) is 8.70. The fourth-order valence-corrected chi connectivity index (χ4v) is 3.02. The monoisotopic (exact) mass is 335 g/mol. The zero-order valence-electron chi connectivity index (χ0n) is 14.2. The Morgan fingerprint density at radius 3 is 2.75 bits per heavy atom. The first-order chi connectivity index (χ1) is 11.6. The maximum Gasteiger partial charge on any atom is 0.415 e. The van der Waals surface area contributed by atoms with Crippen molar-refractivity contribution >= 4 is 17.7 Å². The van der Waals surface area contributed by atoms with Crippen LogP contribution in [0.4, 0.5) is 10.5 Å². The number of hydrogen-bond acceptors (Lipinski definition) is 5. The Morgan fingerprint density at radius 2 is 2.08 bits per heavy atom. The zero-order chi connectivity index (χ0) is 17.5. The molecule has 0 saturated heterocycles. The van der Waals surface area contributed by atoms with Gasteiger partial charge in [0.1, 0.15) is 6.04 Å². The quantitative estimate of drug-likeness (QED) is 0.606. The van der Waals surface area contributed by atoms with Crippen LogP contribution in [0.25, 0.3) is 0 Å². The Morgan fingerprint density at radius 1 is 1.33 bits per heavy atom. The van der Waals surface area contributed by atoms with Crippen molar-refractivity contribution in [2.45, 2.75) is 52.0 Å². The minimum atomic E-state index is -0.893. The van der Waals surface area contributed by atoms with Gasteiger partial charge in [-0.05, 0) is 24.0 Å². The van der Waals surface area contributed by atoms with Crippen LogP contribution in [0.3, 0.4) is 0 Å². The molecule has 2 rings (SSSR count). The number of hydrogen-bond donors (Lipinski definition) is 1. The summed E-state index contributed by atoms with van der Waals surface area (Å²) >= 11 is 0. The van der Waals surface area contributed by atoms with E-state index in [4.69, 9.17) is 9.99 Å². The number of nitrogens with zero attached hydrogens (tertiary/aromatic N) is 1. The van der Waals surface area contributed by atoms with E-state index in [1.54, 1.807) is 12.1 Å². The summed E-state index contributed by atoms with van der Waals surface area (Å²) in [6, 6.07) is 6.34. The second kappa shape index (κ2) is 8.68. The molecule has 0 spiro atoms. The van der Waals surface area contributed by atoms with Gasteiger partial charge in [-0.2, -0.15) is 5.26 Å². The van der Waals surface area contributed by atoms with E-state index in [1.165, 1.54) is 4.90 Å². The van der Waals surface area contributed by atoms with Crippen molar-refractivity contribution in [1.82, 2.24) is 0 Å². The molecule has 1 aliphatic rings. The Hall–Kier alpha value is -2.08. The predicted octanol–water partition coefficient (Wildman–Crippen LogP) is 3.79. The molecule has 1 aromatic rings. The summed E-state index contributed by atoms with van der Waals surface area (Å²) in [5.74, 6) is -0.545. The number of carbonyl (C=O) groups excluding carboxylic acids is 2. The number of anilines is 1. The van der Waals surface area contributed by atoms with Gasteiger partial charge >= 0.3 is 12.1 Å². The number of ether oxygens (including phenoxy) is 1. The second-order valence-corrected chi connectivity index (χ2v) is 6.12. The van der Waals surface area contributed by atoms with Crippen molar-refractivity contribution in [3.8, 4) is 0 Å². The predicted molar refractivity (Wildman–Crippen MR) is 89.8 cm³/mol. The highest BCUT2D eigenvalue weighted by Gasteiger charge is 2.40. The van der Waals surface area contributed by atoms with Gasteiger partial charge in [-0.3, -0.25) is 9.79 Å². The molecular formula is C18H25NO5. The number of amides is 1. The van der Waals surface area contributed by atoms with Crippen molar-refractivity contribution in [2.75, 3.05) is 11.5 Å². The van der Waals surface area contributed by atoms with Crippen LogP contribution in [-0.4, -0.2) is 30.0 Å². The molecule has 6 heteroatoms. The Kier molecular flexibility index (Phi) is 6.61. The molecule has 0 aliphatic carbocycles. The third-order valence-corrected chi connectivity index (χ3v) is 4.52. The Labute approximate surface area is 142 Å². The van der Waals surface area contributed by atoms with Crippen LogP contribution in [0, 0.1) is 5.92 Å². The standard InChI is InChI=1S/C18H25NO5/c1-3-5-8-13(4-2)12-23-18(21)19-15-10-7-6-9-14(15)11-16(19)17(20)24-22/h6-7,9-10,13,16,22H,3-5,8,11-12H2,1-2H3. The molecule has 2 atom stereocenters. The third-order valence-electron chi connectivity index (χ3n) is 4.52. The maximum atomic E-state index is 12.5. The molecule has 0 radical (unpaired) electrons. The van der Waals surface area contributed by atoms with E-state index in [0.717, 1.165) is 31.2 Å². The van der Waals surface area contributed by atoms with Crippen LogP contribution < -0.4 is 4.90 Å². The van der Waals surface area contributed by atoms with Gasteiger partial charge < -0.3 is 4.74 Å². The Balaban J connectivity index is 2.08. The Bertz CT molecular complexity index is 574. The highest BCUT2D eigenvalue weighted by molar-refractivity contribution is 5.98. The van der Waals surface area contributed by atoms with Crippen LogP contribution in [0.1, 0.15) is 45.1 Å². The van der Waals surface area contributed by atoms with E-state index >= 15 is 0 Å². The molecule has 0 aromatic heterocycles. The van der Waals surface area contributed by atoms with Crippen molar-refractivity contribution in [3.05, 3.63) is 29.8 Å². The number of carbonyl (C=O) groups is 2. The van der Waals surface area contributed by atoms with E-state index in [1.807, 2.05) is 12.1 Å². The fourth-order valence-electron chi connectivity index (χ4n) is 3.02. The van der Waals surface area contributed by atoms with Crippen molar-refractivity contribution < 1.29 is 24.5 Å². The molecule has 0 bridgehead atoms. The van der Waals surface area contributed by atoms with Gasteiger partial charge in [0.25, 0.3) is 0 Å². The molecular weight excluding hydrogens is 310 g/mol. The molecule has 1 heterocycles. The summed E-state index contributed by atoms with van der Waals surface area (Å²) in [4.78, 5) is 29.5. The summed E-state index contributed by atoms with van der Waals surface area (Å²) in [6.45, 7) is 4.53. The van der Waals surface area contributed by atoms with Gasteiger partial charge in [0.2, 0.25) is 0 Å². The first-order valence-corrected chi connectivity index (χ1v) is 8.51. The summed E-state index contributed by atoms with van der Waals surface area (Å²) in [5.41, 5.74) is 1.47. The first kappa shape index (κ1) is 18.3. The largest absolute Gasteiger partial charge is 0.449 e. The summed E-state index contributed by atoms with van der Waals surface area (Å²) in [6.07, 6.45) is 3.88. The SMILES string of the molecule is CCCCC(CC)COC(=O)N1c2ccccc2CC1C(=O)OO. The van der Waals surface area contributed by atoms with Gasteiger partial charge in [0, 0.05) is 6.42 Å². The lowest BCUT2D eigenvalue weighted by Gasteiger charge is -2.24. The second-order valence-electron chi connectivity index (χ2n) is 6.12. The number of benzene rings is 1. The summed E-state index contributed by atoms with van der Waals surface area (Å²) in [7, 11) is 0. The van der Waals surface area contributed by atoms with Gasteiger partial charge in [-0.1, -0.05) is 51.3 Å². The van der Waals surface area contributed by atoms with Crippen LogP contribution in [0.15, 0.2) is 24.3 Å². The average Bonchev–Trinajstić information content (AvgIpc) is 3.00. The van der Waals surface area contributed by atoms with Crippen LogP contribution in [0.5, 0.6) is 0 Å². The number of unbranched alkanes of at least 4 members (excludes halogenated alkanes) is 1. The minimum absolute atomic E-state index is 0.303. The van der Waals surface area contributed by atoms with Crippen molar-refractivity contribution in [2.24, 2.45) is 5.92 Å². The molecule has 6 nitrogen and oxygen atoms in total. The van der Waals surface area contributed by atoms with E-state index in [-0.39, 0.29) is 0 Å². The molecule has 1 aliphatic heterocycles. The molecule has 1 aromatic carbocycles. The van der Waals surface area contributed by atoms with Crippen LogP contribution >= 0.6 is 0 Å². The third kappa shape index (κ3) is 4.06. The van der Waals surface area contributed by atoms with E-state index in [2.05, 4.69) is 18.7 Å². The van der Waals surface area contributed by atoms with E-state index < -0.39 is 18.1 Å². The molecule has 24 heavy (non-hydrogen) atoms. The first-order valence-electron chi connectivity index (χ1n) is 8.51. The lowest BCUT2D eigenvalue weighted by molar-refractivity contribution is -0.235. The smallest absolute Gasteiger partial charge is 0.415 e. The highest BCUT2D eigenvalue weighted by atomic mass is 17.1. The van der Waals surface area contributed by atoms with Gasteiger partial charge in [0.15, 0.2) is 0 Å². The van der Waals surface area contributed by atoms with E-state index in [9.17, 15) is 9.59 Å².